The van der Waals surface area contributed by atoms with Crippen molar-refractivity contribution in [1.82, 2.24) is 9.80 Å². The predicted octanol–water partition coefficient (Wildman–Crippen LogP) is 11.3. The van der Waals surface area contributed by atoms with Crippen molar-refractivity contribution >= 4 is 39.4 Å². The van der Waals surface area contributed by atoms with Gasteiger partial charge in [0, 0.05) is 36.4 Å². The molecule has 2 aliphatic rings. The second kappa shape index (κ2) is 16.3. The molecule has 3 rings (SSSR count). The van der Waals surface area contributed by atoms with Gasteiger partial charge in [0.05, 0.1) is 22.5 Å². The molecule has 1 aromatic carbocycles. The van der Waals surface area contributed by atoms with E-state index in [0.717, 1.165) is 48.2 Å². The Labute approximate surface area is 296 Å². The first-order valence-corrected chi connectivity index (χ1v) is 23.3. The third-order valence-electron chi connectivity index (χ3n) is 11.4. The minimum atomic E-state index is -1.95. The highest BCUT2D eigenvalue weighted by atomic mass is 28.3. The number of allylic oxidation sites excluding steroid dienone is 2. The third kappa shape index (κ3) is 7.22. The molecule has 0 bridgehead atoms. The molecule has 0 aliphatic carbocycles. The van der Waals surface area contributed by atoms with Gasteiger partial charge >= 0.3 is 0 Å². The summed E-state index contributed by atoms with van der Waals surface area (Å²) in [6, 6.07) is 3.95. The highest BCUT2D eigenvalue weighted by Gasteiger charge is 2.43. The maximum absolute atomic E-state index is 14.0. The maximum Gasteiger partial charge on any atom is 0.259 e. The quantitative estimate of drug-likeness (QED) is 0.162. The second-order valence-electron chi connectivity index (χ2n) is 16.0. The molecule has 0 atom stereocenters. The van der Waals surface area contributed by atoms with Gasteiger partial charge in [-0.3, -0.25) is 9.59 Å². The molecule has 0 aromatic heterocycles. The van der Waals surface area contributed by atoms with Crippen LogP contribution < -0.4 is 0 Å². The minimum absolute atomic E-state index is 0.0268. The fraction of sp³-hybridized carbons (Fsp3) is 0.619. The van der Waals surface area contributed by atoms with Crippen LogP contribution in [0.1, 0.15) is 154 Å². The Kier molecular flexibility index (Phi) is 13.4. The number of nitrogens with zero attached hydrogens (tertiary/aromatic N) is 2. The predicted molar refractivity (Wildman–Crippen MR) is 212 cm³/mol. The number of fused-ring (bicyclic) bond motifs is 2. The van der Waals surface area contributed by atoms with Crippen LogP contribution in [0.15, 0.2) is 24.3 Å². The Bertz CT molecular complexity index is 1380. The number of rotatable bonds is 12. The van der Waals surface area contributed by atoms with E-state index in [1.807, 2.05) is 28.0 Å². The number of amides is 2. The van der Waals surface area contributed by atoms with E-state index >= 15 is 0 Å². The summed E-state index contributed by atoms with van der Waals surface area (Å²) in [7, 11) is -3.90. The molecular weight excluding hydrogens is 621 g/mol. The van der Waals surface area contributed by atoms with Gasteiger partial charge in [-0.2, -0.15) is 0 Å². The topological polar surface area (TPSA) is 40.6 Å². The average molecular weight is 685 g/mol. The molecule has 2 aliphatic heterocycles. The fourth-order valence-corrected chi connectivity index (χ4v) is 19.3. The molecule has 0 unspecified atom stereocenters. The molecule has 0 N–H and O–H groups in total. The van der Waals surface area contributed by atoms with Crippen LogP contribution in [0.4, 0.5) is 0 Å². The maximum atomic E-state index is 14.0. The molecule has 6 heteroatoms. The van der Waals surface area contributed by atoms with Crippen molar-refractivity contribution in [1.29, 1.82) is 0 Å². The minimum Gasteiger partial charge on any atom is -0.307 e. The van der Waals surface area contributed by atoms with Gasteiger partial charge in [-0.25, -0.2) is 0 Å². The van der Waals surface area contributed by atoms with Gasteiger partial charge in [-0.1, -0.05) is 122 Å². The monoisotopic (exact) mass is 684 g/mol. The first-order valence-electron chi connectivity index (χ1n) is 18.8. The van der Waals surface area contributed by atoms with Crippen LogP contribution in [0.25, 0.3) is 11.4 Å². The van der Waals surface area contributed by atoms with E-state index in [0.29, 0.717) is 57.5 Å². The first-order chi connectivity index (χ1) is 22.5. The van der Waals surface area contributed by atoms with Crippen molar-refractivity contribution in [2.24, 2.45) is 0 Å². The summed E-state index contributed by atoms with van der Waals surface area (Å²) in [5, 5.41) is 0. The Balaban J connectivity index is 2.29. The van der Waals surface area contributed by atoms with E-state index < -0.39 is 16.1 Å². The van der Waals surface area contributed by atoms with Gasteiger partial charge in [0.2, 0.25) is 0 Å². The summed E-state index contributed by atoms with van der Waals surface area (Å²) in [5.74, 6) is 7.01. The van der Waals surface area contributed by atoms with E-state index in [1.165, 1.54) is 0 Å². The zero-order valence-electron chi connectivity index (χ0n) is 32.7. The third-order valence-corrected chi connectivity index (χ3v) is 24.1. The summed E-state index contributed by atoms with van der Waals surface area (Å²) < 4.78 is 0. The summed E-state index contributed by atoms with van der Waals surface area (Å²) in [6.07, 6.45) is 7.80. The SMILES string of the molecule is CCCCN1C(=O)c2cc3c(cc2/C1=C\C#C[Si](C(C)C)(C(C)C)C(C)C)/C(=C\C#C[Si](C(C)C)(C(C)C)C(C)C)N(CCCC)C3=O. The lowest BCUT2D eigenvalue weighted by molar-refractivity contribution is 0.0847. The highest BCUT2D eigenvalue weighted by molar-refractivity contribution is 6.91. The molecule has 2 amide bonds. The van der Waals surface area contributed by atoms with Crippen LogP contribution in [0.3, 0.4) is 0 Å². The Morgan fingerprint density at radius 3 is 1.10 bits per heavy atom. The normalized spacial score (nSPS) is 16.7. The average Bonchev–Trinajstić information content (AvgIpc) is 3.41. The van der Waals surface area contributed by atoms with Gasteiger partial charge in [0.1, 0.15) is 16.1 Å². The Morgan fingerprint density at radius 1 is 0.542 bits per heavy atom. The van der Waals surface area contributed by atoms with Gasteiger partial charge in [-0.15, -0.1) is 11.1 Å². The number of benzene rings is 1. The van der Waals surface area contributed by atoms with Crippen LogP contribution in [0.2, 0.25) is 33.2 Å². The molecule has 1 aromatic rings. The smallest absolute Gasteiger partial charge is 0.259 e. The van der Waals surface area contributed by atoms with E-state index in [4.69, 9.17) is 0 Å². The van der Waals surface area contributed by atoms with Crippen LogP contribution in [-0.2, 0) is 0 Å². The van der Waals surface area contributed by atoms with Gasteiger partial charge in [-0.05, 0) is 58.2 Å². The largest absolute Gasteiger partial charge is 0.307 e. The molecular formula is C42H64N2O2Si2. The lowest BCUT2D eigenvalue weighted by atomic mass is 9.98. The molecule has 262 valence electrons. The Hall–Kier alpha value is -2.81. The molecule has 4 nitrogen and oxygen atoms in total. The zero-order chi connectivity index (χ0) is 36.1. The van der Waals surface area contributed by atoms with E-state index in [9.17, 15) is 9.59 Å². The number of hydrogen-bond acceptors (Lipinski definition) is 2. The molecule has 0 saturated carbocycles. The summed E-state index contributed by atoms with van der Waals surface area (Å²) >= 11 is 0. The molecule has 2 heterocycles. The summed E-state index contributed by atoms with van der Waals surface area (Å²) in [6.45, 7) is 33.5. The van der Waals surface area contributed by atoms with Crippen LogP contribution in [0.5, 0.6) is 0 Å². The summed E-state index contributed by atoms with van der Waals surface area (Å²) in [4.78, 5) is 31.8. The standard InChI is InChI=1S/C42H64N2O2Si2/c1-15-17-23-43-39(21-19-25-47(29(3)4,30(5)6)31(7)8)35-27-36-38(28-37(35)41(43)45)42(46)44(24-18-16-2)40(36)22-20-26-48(32(9)10,33(11)12)34(13)14/h21-22,27-34H,15-18,23-24H2,1-14H3/b39-21+,40-22+. The van der Waals surface area contributed by atoms with Crippen LogP contribution in [0, 0.1) is 22.9 Å². The first kappa shape index (κ1) is 39.6. The zero-order valence-corrected chi connectivity index (χ0v) is 34.7. The highest BCUT2D eigenvalue weighted by Crippen LogP contribution is 2.44. The van der Waals surface area contributed by atoms with E-state index in [-0.39, 0.29) is 11.8 Å². The van der Waals surface area contributed by atoms with E-state index in [1.54, 1.807) is 0 Å². The van der Waals surface area contributed by atoms with Crippen molar-refractivity contribution in [2.75, 3.05) is 13.1 Å². The summed E-state index contributed by atoms with van der Waals surface area (Å²) in [5.41, 5.74) is 15.6. The van der Waals surface area contributed by atoms with Crippen molar-refractivity contribution in [3.05, 3.63) is 46.5 Å². The molecule has 0 spiro atoms. The van der Waals surface area contributed by atoms with Crippen molar-refractivity contribution in [3.8, 4) is 22.9 Å². The van der Waals surface area contributed by atoms with E-state index in [2.05, 4.69) is 126 Å². The second-order valence-corrected chi connectivity index (χ2v) is 27.1. The van der Waals surface area contributed by atoms with Crippen molar-refractivity contribution < 1.29 is 9.59 Å². The Morgan fingerprint density at radius 2 is 0.833 bits per heavy atom. The molecule has 0 radical (unpaired) electrons. The van der Waals surface area contributed by atoms with Crippen LogP contribution >= 0.6 is 0 Å². The fourth-order valence-electron chi connectivity index (χ4n) is 8.89. The number of carbonyl (C=O) groups is 2. The number of unbranched alkanes of at least 4 members (excludes halogenated alkanes) is 2. The number of carbonyl (C=O) groups excluding carboxylic acids is 2. The van der Waals surface area contributed by atoms with Crippen molar-refractivity contribution in [2.45, 2.75) is 156 Å². The van der Waals surface area contributed by atoms with Gasteiger partial charge in [0.15, 0.2) is 0 Å². The van der Waals surface area contributed by atoms with Crippen molar-refractivity contribution in [3.63, 3.8) is 0 Å². The molecule has 0 fully saturated rings. The van der Waals surface area contributed by atoms with Crippen LogP contribution in [-0.4, -0.2) is 50.9 Å². The van der Waals surface area contributed by atoms with Gasteiger partial charge < -0.3 is 9.80 Å². The lowest BCUT2D eigenvalue weighted by Crippen LogP contribution is -2.43. The van der Waals surface area contributed by atoms with Gasteiger partial charge in [0.25, 0.3) is 11.8 Å². The molecule has 0 saturated heterocycles. The lowest BCUT2D eigenvalue weighted by Gasteiger charge is -2.38. The molecule has 48 heavy (non-hydrogen) atoms. The number of hydrogen-bond donors (Lipinski definition) is 0.